The van der Waals surface area contributed by atoms with Crippen molar-refractivity contribution < 1.29 is 9.50 Å². The van der Waals surface area contributed by atoms with E-state index in [0.717, 1.165) is 18.9 Å². The lowest BCUT2D eigenvalue weighted by Crippen LogP contribution is -2.20. The molecular weight excluding hydrogens is 205 g/mol. The van der Waals surface area contributed by atoms with E-state index >= 15 is 0 Å². The minimum Gasteiger partial charge on any atom is -0.505 e. The van der Waals surface area contributed by atoms with Crippen LogP contribution in [0.15, 0.2) is 6.07 Å². The molecule has 0 saturated heterocycles. The predicted molar refractivity (Wildman–Crippen MR) is 52.9 cm³/mol. The fraction of sp³-hybridized carbons (Fsp3) is 0.400. The Morgan fingerprint density at radius 3 is 2.64 bits per heavy atom. The summed E-state index contributed by atoms with van der Waals surface area (Å²) in [6.45, 7) is 1.74. The molecule has 0 bridgehead atoms. The summed E-state index contributed by atoms with van der Waals surface area (Å²) in [5.74, 6) is -1.06. The van der Waals surface area contributed by atoms with Gasteiger partial charge in [0.15, 0.2) is 11.6 Å². The highest BCUT2D eigenvalue weighted by atomic mass is 35.5. The number of hydrogen-bond donors (Lipinski definition) is 2. The van der Waals surface area contributed by atoms with E-state index in [1.54, 1.807) is 6.92 Å². The Morgan fingerprint density at radius 2 is 2.14 bits per heavy atom. The lowest BCUT2D eigenvalue weighted by molar-refractivity contribution is 0.418. The SMILES string of the molecule is Cc1c(Cl)cc(F)c(O)c1C1(N)CC1. The molecule has 0 spiro atoms. The van der Waals surface area contributed by atoms with Crippen LogP contribution in [0.3, 0.4) is 0 Å². The molecule has 1 fully saturated rings. The standard InChI is InChI=1S/C10H11ClFNO/c1-5-6(11)4-7(12)9(14)8(5)10(13)2-3-10/h4,14H,2-3,13H2,1H3. The highest BCUT2D eigenvalue weighted by molar-refractivity contribution is 6.31. The summed E-state index contributed by atoms with van der Waals surface area (Å²) < 4.78 is 13.2. The molecule has 1 aromatic carbocycles. The van der Waals surface area contributed by atoms with Crippen molar-refractivity contribution in [1.29, 1.82) is 0 Å². The van der Waals surface area contributed by atoms with Crippen molar-refractivity contribution >= 4 is 11.6 Å². The molecule has 4 heteroatoms. The van der Waals surface area contributed by atoms with Crippen LogP contribution in [0.4, 0.5) is 4.39 Å². The van der Waals surface area contributed by atoms with E-state index in [1.165, 1.54) is 0 Å². The summed E-state index contributed by atoms with van der Waals surface area (Å²) >= 11 is 5.82. The first-order valence-corrected chi connectivity index (χ1v) is 4.80. The third-order valence-corrected chi connectivity index (χ3v) is 3.13. The fourth-order valence-electron chi connectivity index (χ4n) is 1.70. The van der Waals surface area contributed by atoms with E-state index in [0.29, 0.717) is 16.1 Å². The number of aromatic hydroxyl groups is 1. The third kappa shape index (κ3) is 1.28. The number of nitrogens with two attached hydrogens (primary N) is 1. The molecule has 1 aliphatic rings. The van der Waals surface area contributed by atoms with Gasteiger partial charge in [0, 0.05) is 16.1 Å². The van der Waals surface area contributed by atoms with Gasteiger partial charge in [0.2, 0.25) is 0 Å². The molecule has 1 aliphatic carbocycles. The van der Waals surface area contributed by atoms with Crippen LogP contribution in [0.1, 0.15) is 24.0 Å². The molecule has 0 aromatic heterocycles. The van der Waals surface area contributed by atoms with Crippen molar-refractivity contribution in [3.05, 3.63) is 28.0 Å². The van der Waals surface area contributed by atoms with Crippen LogP contribution in [-0.4, -0.2) is 5.11 Å². The molecule has 0 unspecified atom stereocenters. The molecule has 76 valence electrons. The van der Waals surface area contributed by atoms with Crippen molar-refractivity contribution in [1.82, 2.24) is 0 Å². The third-order valence-electron chi connectivity index (χ3n) is 2.74. The molecular formula is C10H11ClFNO. The zero-order valence-corrected chi connectivity index (χ0v) is 8.53. The Hall–Kier alpha value is -0.800. The maximum Gasteiger partial charge on any atom is 0.166 e. The van der Waals surface area contributed by atoms with E-state index in [1.807, 2.05) is 0 Å². The normalized spacial score (nSPS) is 18.3. The molecule has 1 aromatic rings. The minimum absolute atomic E-state index is 0.312. The summed E-state index contributed by atoms with van der Waals surface area (Å²) in [6.07, 6.45) is 1.53. The summed E-state index contributed by atoms with van der Waals surface area (Å²) in [7, 11) is 0. The Morgan fingerprint density at radius 1 is 1.57 bits per heavy atom. The Kier molecular flexibility index (Phi) is 1.98. The summed E-state index contributed by atoms with van der Waals surface area (Å²) in [6, 6.07) is 1.11. The molecule has 0 radical (unpaired) electrons. The van der Waals surface area contributed by atoms with Gasteiger partial charge in [-0.2, -0.15) is 0 Å². The van der Waals surface area contributed by atoms with Gasteiger partial charge in [-0.15, -0.1) is 0 Å². The summed E-state index contributed by atoms with van der Waals surface area (Å²) in [4.78, 5) is 0. The smallest absolute Gasteiger partial charge is 0.166 e. The zero-order chi connectivity index (χ0) is 10.5. The molecule has 14 heavy (non-hydrogen) atoms. The molecule has 0 amide bonds. The second-order valence-electron chi connectivity index (χ2n) is 3.84. The molecule has 0 atom stereocenters. The number of halogens is 2. The number of hydrogen-bond acceptors (Lipinski definition) is 2. The van der Waals surface area contributed by atoms with Gasteiger partial charge < -0.3 is 10.8 Å². The fourth-order valence-corrected chi connectivity index (χ4v) is 1.89. The number of phenolic OH excluding ortho intramolecular Hbond substituents is 1. The van der Waals surface area contributed by atoms with Crippen molar-refractivity contribution in [2.45, 2.75) is 25.3 Å². The van der Waals surface area contributed by atoms with Gasteiger partial charge in [0.1, 0.15) is 0 Å². The van der Waals surface area contributed by atoms with Gasteiger partial charge in [0.05, 0.1) is 0 Å². The molecule has 2 rings (SSSR count). The van der Waals surface area contributed by atoms with Crippen LogP contribution in [0, 0.1) is 12.7 Å². The Balaban J connectivity index is 2.68. The Labute approximate surface area is 86.5 Å². The van der Waals surface area contributed by atoms with E-state index in [9.17, 15) is 9.50 Å². The molecule has 0 heterocycles. The molecule has 0 aliphatic heterocycles. The van der Waals surface area contributed by atoms with Crippen molar-refractivity contribution in [2.24, 2.45) is 5.73 Å². The first-order chi connectivity index (χ1) is 6.46. The molecule has 1 saturated carbocycles. The van der Waals surface area contributed by atoms with Crippen LogP contribution in [0.5, 0.6) is 5.75 Å². The number of rotatable bonds is 1. The van der Waals surface area contributed by atoms with Crippen molar-refractivity contribution in [3.8, 4) is 5.75 Å². The maximum absolute atomic E-state index is 13.2. The largest absolute Gasteiger partial charge is 0.505 e. The zero-order valence-electron chi connectivity index (χ0n) is 7.77. The van der Waals surface area contributed by atoms with E-state index in [2.05, 4.69) is 0 Å². The van der Waals surface area contributed by atoms with Gasteiger partial charge >= 0.3 is 0 Å². The minimum atomic E-state index is -0.702. The quantitative estimate of drug-likeness (QED) is 0.756. The van der Waals surface area contributed by atoms with Gasteiger partial charge in [-0.3, -0.25) is 0 Å². The van der Waals surface area contributed by atoms with Gasteiger partial charge in [-0.25, -0.2) is 4.39 Å². The van der Waals surface area contributed by atoms with Crippen LogP contribution in [0.2, 0.25) is 5.02 Å². The highest BCUT2D eigenvalue weighted by Crippen LogP contribution is 2.49. The number of phenols is 1. The second kappa shape index (κ2) is 2.84. The molecule has 3 N–H and O–H groups in total. The van der Waals surface area contributed by atoms with E-state index in [4.69, 9.17) is 17.3 Å². The average molecular weight is 216 g/mol. The van der Waals surface area contributed by atoms with Gasteiger partial charge in [0.25, 0.3) is 0 Å². The predicted octanol–water partition coefficient (Wildman–Crippen LogP) is 2.44. The lowest BCUT2D eigenvalue weighted by Gasteiger charge is -2.16. The van der Waals surface area contributed by atoms with Crippen LogP contribution in [0.25, 0.3) is 0 Å². The number of benzene rings is 1. The topological polar surface area (TPSA) is 46.2 Å². The van der Waals surface area contributed by atoms with E-state index < -0.39 is 11.4 Å². The maximum atomic E-state index is 13.2. The van der Waals surface area contributed by atoms with Crippen molar-refractivity contribution in [3.63, 3.8) is 0 Å². The van der Waals surface area contributed by atoms with Crippen molar-refractivity contribution in [2.75, 3.05) is 0 Å². The first kappa shape index (κ1) is 9.74. The van der Waals surface area contributed by atoms with Crippen LogP contribution < -0.4 is 5.73 Å². The monoisotopic (exact) mass is 215 g/mol. The van der Waals surface area contributed by atoms with Gasteiger partial charge in [-0.05, 0) is 31.4 Å². The molecule has 2 nitrogen and oxygen atoms in total. The summed E-state index contributed by atoms with van der Waals surface area (Å²) in [5.41, 5.74) is 6.48. The first-order valence-electron chi connectivity index (χ1n) is 4.42. The van der Waals surface area contributed by atoms with E-state index in [-0.39, 0.29) is 5.75 Å². The Bertz CT molecular complexity index is 375. The highest BCUT2D eigenvalue weighted by Gasteiger charge is 2.44. The van der Waals surface area contributed by atoms with Crippen LogP contribution >= 0.6 is 11.6 Å². The average Bonchev–Trinajstić information content (AvgIpc) is 2.81. The van der Waals surface area contributed by atoms with Gasteiger partial charge in [-0.1, -0.05) is 11.6 Å². The lowest BCUT2D eigenvalue weighted by atomic mass is 9.98. The second-order valence-corrected chi connectivity index (χ2v) is 4.25. The summed E-state index contributed by atoms with van der Waals surface area (Å²) in [5, 5.41) is 9.88. The van der Waals surface area contributed by atoms with Crippen LogP contribution in [-0.2, 0) is 5.54 Å².